The van der Waals surface area contributed by atoms with Crippen LogP contribution in [0.15, 0.2) is 35.6 Å². The molecule has 0 radical (unpaired) electrons. The van der Waals surface area contributed by atoms with Crippen LogP contribution in [0.1, 0.15) is 44.1 Å². The van der Waals surface area contributed by atoms with Gasteiger partial charge in [-0.15, -0.1) is 0 Å². The van der Waals surface area contributed by atoms with Crippen molar-refractivity contribution in [2.75, 3.05) is 5.32 Å². The molecule has 1 atom stereocenters. The Morgan fingerprint density at radius 1 is 1.22 bits per heavy atom. The zero-order valence-corrected chi connectivity index (χ0v) is 17.1. The minimum Gasteiger partial charge on any atom is -0.610 e. The molecule has 0 spiro atoms. The Hall–Kier alpha value is -1.41. The number of aromatic nitrogens is 2. The first-order valence-corrected chi connectivity index (χ1v) is 11.5. The van der Waals surface area contributed by atoms with E-state index in [1.807, 2.05) is 12.1 Å². The maximum atomic E-state index is 12.9. The van der Waals surface area contributed by atoms with Gasteiger partial charge in [0.25, 0.3) is 5.91 Å². The highest BCUT2D eigenvalue weighted by molar-refractivity contribution is 7.92. The molecule has 1 N–H and O–H groups in total. The van der Waals surface area contributed by atoms with E-state index in [2.05, 4.69) is 15.3 Å². The lowest BCUT2D eigenvalue weighted by molar-refractivity contribution is -0.111. The van der Waals surface area contributed by atoms with Gasteiger partial charge in [0.05, 0.1) is 6.20 Å². The van der Waals surface area contributed by atoms with Crippen LogP contribution in [0, 0.1) is 5.92 Å². The molecule has 2 aliphatic carbocycles. The molecule has 27 heavy (non-hydrogen) atoms. The van der Waals surface area contributed by atoms with E-state index in [1.165, 1.54) is 30.4 Å². The third-order valence-electron chi connectivity index (χ3n) is 4.83. The number of anilines is 1. The number of hydrogen-bond donors (Lipinski definition) is 1. The first-order valence-electron chi connectivity index (χ1n) is 9.11. The SMILES string of the molecule is O=C(Nc1ncc(Cl)s1)C(=CC1CCCC1)c1ccc([S+]([O-])C2CC2)nc1. The topological polar surface area (TPSA) is 77.9 Å². The molecule has 1 amide bonds. The lowest BCUT2D eigenvalue weighted by Crippen LogP contribution is -2.15. The number of halogens is 1. The third-order valence-corrected chi connectivity index (χ3v) is 7.59. The highest BCUT2D eigenvalue weighted by Crippen LogP contribution is 2.34. The van der Waals surface area contributed by atoms with Crippen molar-refractivity contribution in [3.8, 4) is 0 Å². The largest absolute Gasteiger partial charge is 0.610 e. The quantitative estimate of drug-likeness (QED) is 0.542. The van der Waals surface area contributed by atoms with E-state index in [1.54, 1.807) is 12.3 Å². The van der Waals surface area contributed by atoms with Crippen molar-refractivity contribution in [1.29, 1.82) is 0 Å². The molecule has 2 saturated carbocycles. The van der Waals surface area contributed by atoms with Crippen LogP contribution in [0.2, 0.25) is 4.34 Å². The summed E-state index contributed by atoms with van der Waals surface area (Å²) in [4.78, 5) is 21.4. The van der Waals surface area contributed by atoms with Crippen molar-refractivity contribution in [3.05, 3.63) is 40.5 Å². The van der Waals surface area contributed by atoms with Crippen LogP contribution in [-0.2, 0) is 16.0 Å². The first-order chi connectivity index (χ1) is 13.1. The van der Waals surface area contributed by atoms with E-state index in [4.69, 9.17) is 11.6 Å². The van der Waals surface area contributed by atoms with Gasteiger partial charge in [0, 0.05) is 47.4 Å². The number of thiazole rings is 1. The Bertz CT molecular complexity index is 843. The molecule has 142 valence electrons. The number of hydrogen-bond acceptors (Lipinski definition) is 5. The molecule has 2 aliphatic rings. The number of nitrogens with one attached hydrogen (secondary N) is 1. The van der Waals surface area contributed by atoms with Gasteiger partial charge >= 0.3 is 0 Å². The Kier molecular flexibility index (Phi) is 5.82. The van der Waals surface area contributed by atoms with Crippen molar-refractivity contribution in [3.63, 3.8) is 0 Å². The monoisotopic (exact) mass is 421 g/mol. The normalized spacial score (nSPS) is 19.3. The van der Waals surface area contributed by atoms with Gasteiger partial charge in [-0.1, -0.05) is 41.9 Å². The van der Waals surface area contributed by atoms with Crippen molar-refractivity contribution in [1.82, 2.24) is 9.97 Å². The number of pyridine rings is 1. The molecule has 2 aromatic heterocycles. The standard InChI is InChI=1S/C19H20ClN3O2S2/c20-16-11-22-19(26-16)23-18(24)15(9-12-3-1-2-4-12)13-5-8-17(21-10-13)27(25)14-6-7-14/h5,8-12,14H,1-4,6-7H2,(H,22,23,24). The Morgan fingerprint density at radius 2 is 2.00 bits per heavy atom. The maximum Gasteiger partial charge on any atom is 0.257 e. The number of rotatable bonds is 6. The second kappa shape index (κ2) is 8.31. The van der Waals surface area contributed by atoms with Gasteiger partial charge in [-0.25, -0.2) is 9.97 Å². The van der Waals surface area contributed by atoms with E-state index in [0.29, 0.717) is 26.0 Å². The Balaban J connectivity index is 1.57. The fraction of sp³-hybridized carbons (Fsp3) is 0.421. The smallest absolute Gasteiger partial charge is 0.257 e. The predicted molar refractivity (Wildman–Crippen MR) is 109 cm³/mol. The van der Waals surface area contributed by atoms with Gasteiger partial charge in [-0.05, 0) is 24.8 Å². The molecule has 5 nitrogen and oxygen atoms in total. The van der Waals surface area contributed by atoms with Gasteiger partial charge in [0.15, 0.2) is 5.13 Å². The van der Waals surface area contributed by atoms with Gasteiger partial charge in [0.2, 0.25) is 5.03 Å². The summed E-state index contributed by atoms with van der Waals surface area (Å²) in [5.74, 6) is 0.177. The molecule has 4 rings (SSSR count). The van der Waals surface area contributed by atoms with E-state index in [9.17, 15) is 9.35 Å². The molecule has 2 aromatic rings. The molecule has 0 aromatic carbocycles. The first kappa shape index (κ1) is 18.9. The van der Waals surface area contributed by atoms with Crippen molar-refractivity contribution >= 4 is 50.7 Å². The lowest BCUT2D eigenvalue weighted by atomic mass is 9.99. The summed E-state index contributed by atoms with van der Waals surface area (Å²) in [5.41, 5.74) is 1.32. The van der Waals surface area contributed by atoms with Crippen LogP contribution >= 0.6 is 22.9 Å². The second-order valence-corrected chi connectivity index (χ2v) is 10.3. The maximum absolute atomic E-state index is 12.9. The van der Waals surface area contributed by atoms with E-state index in [-0.39, 0.29) is 11.2 Å². The Morgan fingerprint density at radius 3 is 2.59 bits per heavy atom. The van der Waals surface area contributed by atoms with Crippen LogP contribution in [0.4, 0.5) is 5.13 Å². The third kappa shape index (κ3) is 4.71. The summed E-state index contributed by atoms with van der Waals surface area (Å²) in [6, 6.07) is 3.62. The van der Waals surface area contributed by atoms with Gasteiger partial charge < -0.3 is 4.55 Å². The average Bonchev–Trinajstić information content (AvgIpc) is 3.24. The molecule has 0 aliphatic heterocycles. The second-order valence-electron chi connectivity index (χ2n) is 6.93. The van der Waals surface area contributed by atoms with Crippen LogP contribution in [0.3, 0.4) is 0 Å². The van der Waals surface area contributed by atoms with E-state index >= 15 is 0 Å². The summed E-state index contributed by atoms with van der Waals surface area (Å²) >= 11 is 6.09. The van der Waals surface area contributed by atoms with Gasteiger partial charge in [-0.3, -0.25) is 10.1 Å². The van der Waals surface area contributed by atoms with E-state index in [0.717, 1.165) is 31.2 Å². The molecular weight excluding hydrogens is 402 g/mol. The summed E-state index contributed by atoms with van der Waals surface area (Å²) in [5, 5.41) is 4.14. The predicted octanol–water partition coefficient (Wildman–Crippen LogP) is 4.67. The fourth-order valence-corrected chi connectivity index (χ4v) is 5.32. The van der Waals surface area contributed by atoms with Crippen LogP contribution in [0.5, 0.6) is 0 Å². The molecule has 2 heterocycles. The summed E-state index contributed by atoms with van der Waals surface area (Å²) in [6.07, 6.45) is 11.8. The fourth-order valence-electron chi connectivity index (χ4n) is 3.25. The summed E-state index contributed by atoms with van der Waals surface area (Å²) < 4.78 is 12.8. The minimum atomic E-state index is -1.04. The average molecular weight is 422 g/mol. The lowest BCUT2D eigenvalue weighted by Gasteiger charge is -2.12. The van der Waals surface area contributed by atoms with Crippen LogP contribution in [0.25, 0.3) is 5.57 Å². The van der Waals surface area contributed by atoms with Crippen molar-refractivity contribution < 1.29 is 9.35 Å². The van der Waals surface area contributed by atoms with Gasteiger partial charge in [-0.2, -0.15) is 0 Å². The highest BCUT2D eigenvalue weighted by Gasteiger charge is 2.36. The highest BCUT2D eigenvalue weighted by atomic mass is 35.5. The zero-order valence-electron chi connectivity index (χ0n) is 14.7. The Labute approximate surface area is 170 Å². The van der Waals surface area contributed by atoms with Crippen molar-refractivity contribution in [2.45, 2.75) is 48.8 Å². The van der Waals surface area contributed by atoms with Crippen LogP contribution < -0.4 is 5.32 Å². The molecule has 0 saturated heterocycles. The van der Waals surface area contributed by atoms with E-state index < -0.39 is 11.2 Å². The number of nitrogens with zero attached hydrogens (tertiary/aromatic N) is 2. The minimum absolute atomic E-state index is 0.217. The summed E-state index contributed by atoms with van der Waals surface area (Å²) in [6.45, 7) is 0. The zero-order chi connectivity index (χ0) is 18.8. The van der Waals surface area contributed by atoms with Crippen molar-refractivity contribution in [2.24, 2.45) is 5.92 Å². The number of amides is 1. The molecule has 8 heteroatoms. The molecule has 1 unspecified atom stereocenters. The van der Waals surface area contributed by atoms with Gasteiger partial charge in [0.1, 0.15) is 9.59 Å². The number of carbonyl (C=O) groups excluding carboxylic acids is 1. The molecule has 2 fully saturated rings. The molecular formula is C19H20ClN3O2S2. The number of carbonyl (C=O) groups is 1. The number of allylic oxidation sites excluding steroid dienone is 1. The molecule has 0 bridgehead atoms. The van der Waals surface area contributed by atoms with Crippen LogP contribution in [-0.4, -0.2) is 25.7 Å². The summed E-state index contributed by atoms with van der Waals surface area (Å²) in [7, 11) is 0.